The van der Waals surface area contributed by atoms with E-state index >= 15 is 0 Å². The molecule has 3 rings (SSSR count). The zero-order valence-corrected chi connectivity index (χ0v) is 12.3. The molecule has 6 heteroatoms. The quantitative estimate of drug-likeness (QED) is 0.820. The predicted octanol–water partition coefficient (Wildman–Crippen LogP) is 2.47. The topological polar surface area (TPSA) is 39.1 Å². The van der Waals surface area contributed by atoms with Gasteiger partial charge in [0.05, 0.1) is 12.3 Å². The fourth-order valence-electron chi connectivity index (χ4n) is 3.47. The van der Waals surface area contributed by atoms with Crippen molar-refractivity contribution in [2.24, 2.45) is 0 Å². The minimum Gasteiger partial charge on any atom is -0.374 e. The summed E-state index contributed by atoms with van der Waals surface area (Å²) in [5.74, 6) is 1.69. The zero-order valence-electron chi connectivity index (χ0n) is 12.3. The average molecular weight is 299 g/mol. The first kappa shape index (κ1) is 14.9. The number of nitrogens with one attached hydrogen (secondary N) is 1. The molecule has 2 aliphatic rings. The van der Waals surface area contributed by atoms with Crippen LogP contribution in [0.3, 0.4) is 0 Å². The molecule has 1 aromatic rings. The van der Waals surface area contributed by atoms with Crippen molar-refractivity contribution in [3.63, 3.8) is 0 Å². The fraction of sp³-hybridized carbons (Fsp3) is 0.800. The molecule has 2 heterocycles. The first-order valence-corrected chi connectivity index (χ1v) is 7.90. The normalized spacial score (nSPS) is 19.4. The SMILES string of the molecule is FC(F)COCCn1c(C2CCCC2)nc2c1CCNC2. The molecule has 1 fully saturated rings. The Morgan fingerprint density at radius 2 is 2.14 bits per heavy atom. The summed E-state index contributed by atoms with van der Waals surface area (Å²) in [6, 6.07) is 0. The smallest absolute Gasteiger partial charge is 0.261 e. The highest BCUT2D eigenvalue weighted by Crippen LogP contribution is 2.35. The van der Waals surface area contributed by atoms with Crippen LogP contribution in [0.15, 0.2) is 0 Å². The van der Waals surface area contributed by atoms with Crippen molar-refractivity contribution < 1.29 is 13.5 Å². The van der Waals surface area contributed by atoms with Gasteiger partial charge in [-0.15, -0.1) is 0 Å². The lowest BCUT2D eigenvalue weighted by molar-refractivity contribution is 0.0143. The lowest BCUT2D eigenvalue weighted by Crippen LogP contribution is -2.25. The zero-order chi connectivity index (χ0) is 14.7. The largest absolute Gasteiger partial charge is 0.374 e. The molecule has 1 aliphatic carbocycles. The number of imidazole rings is 1. The van der Waals surface area contributed by atoms with E-state index < -0.39 is 13.0 Å². The molecule has 0 spiro atoms. The molecular formula is C15H23F2N3O. The monoisotopic (exact) mass is 299 g/mol. The van der Waals surface area contributed by atoms with Gasteiger partial charge < -0.3 is 14.6 Å². The van der Waals surface area contributed by atoms with Crippen LogP contribution in [-0.2, 0) is 24.2 Å². The van der Waals surface area contributed by atoms with Crippen molar-refractivity contribution in [1.82, 2.24) is 14.9 Å². The van der Waals surface area contributed by atoms with Crippen molar-refractivity contribution in [3.05, 3.63) is 17.2 Å². The summed E-state index contributed by atoms with van der Waals surface area (Å²) < 4.78 is 31.6. The molecule has 0 aromatic carbocycles. The molecule has 0 radical (unpaired) electrons. The van der Waals surface area contributed by atoms with Crippen LogP contribution in [0.4, 0.5) is 8.78 Å². The van der Waals surface area contributed by atoms with E-state index in [0.717, 1.165) is 31.0 Å². The van der Waals surface area contributed by atoms with Gasteiger partial charge in [-0.25, -0.2) is 13.8 Å². The van der Waals surface area contributed by atoms with E-state index in [9.17, 15) is 8.78 Å². The second-order valence-electron chi connectivity index (χ2n) is 5.89. The minimum atomic E-state index is -2.39. The van der Waals surface area contributed by atoms with Crippen LogP contribution in [0.25, 0.3) is 0 Å². The molecular weight excluding hydrogens is 276 g/mol. The Morgan fingerprint density at radius 1 is 1.33 bits per heavy atom. The van der Waals surface area contributed by atoms with Crippen LogP contribution >= 0.6 is 0 Å². The van der Waals surface area contributed by atoms with Crippen LogP contribution < -0.4 is 5.32 Å². The molecule has 0 unspecified atom stereocenters. The van der Waals surface area contributed by atoms with Gasteiger partial charge in [-0.3, -0.25) is 0 Å². The molecule has 0 bridgehead atoms. The number of hydrogen-bond donors (Lipinski definition) is 1. The van der Waals surface area contributed by atoms with Gasteiger partial charge in [0.2, 0.25) is 0 Å². The lowest BCUT2D eigenvalue weighted by atomic mass is 10.1. The van der Waals surface area contributed by atoms with Gasteiger partial charge in [-0.1, -0.05) is 12.8 Å². The highest BCUT2D eigenvalue weighted by atomic mass is 19.3. The first-order valence-electron chi connectivity index (χ1n) is 7.90. The highest BCUT2D eigenvalue weighted by molar-refractivity contribution is 5.22. The van der Waals surface area contributed by atoms with Crippen molar-refractivity contribution in [3.8, 4) is 0 Å². The summed E-state index contributed by atoms with van der Waals surface area (Å²) in [6.07, 6.45) is 3.50. The van der Waals surface area contributed by atoms with E-state index in [1.54, 1.807) is 0 Å². The van der Waals surface area contributed by atoms with Crippen molar-refractivity contribution in [2.45, 2.75) is 57.5 Å². The Bertz CT molecular complexity index is 470. The Morgan fingerprint density at radius 3 is 2.90 bits per heavy atom. The van der Waals surface area contributed by atoms with Crippen LogP contribution in [0, 0.1) is 0 Å². The van der Waals surface area contributed by atoms with Crippen molar-refractivity contribution >= 4 is 0 Å². The van der Waals surface area contributed by atoms with Crippen LogP contribution in [0.2, 0.25) is 0 Å². The summed E-state index contributed by atoms with van der Waals surface area (Å²) in [4.78, 5) is 4.84. The fourth-order valence-corrected chi connectivity index (χ4v) is 3.47. The van der Waals surface area contributed by atoms with Gasteiger partial charge in [-0.2, -0.15) is 0 Å². The Labute approximate surface area is 123 Å². The lowest BCUT2D eigenvalue weighted by Gasteiger charge is -2.18. The molecule has 21 heavy (non-hydrogen) atoms. The second-order valence-corrected chi connectivity index (χ2v) is 5.89. The number of ether oxygens (including phenoxy) is 1. The number of rotatable bonds is 6. The van der Waals surface area contributed by atoms with Gasteiger partial charge in [-0.05, 0) is 12.8 Å². The van der Waals surface area contributed by atoms with E-state index in [2.05, 4.69) is 9.88 Å². The van der Waals surface area contributed by atoms with Crippen molar-refractivity contribution in [1.29, 1.82) is 0 Å². The predicted molar refractivity (Wildman–Crippen MR) is 75.7 cm³/mol. The van der Waals surface area contributed by atoms with Crippen LogP contribution in [-0.4, -0.2) is 35.7 Å². The Kier molecular flexibility index (Phi) is 4.85. The number of hydrogen-bond acceptors (Lipinski definition) is 3. The molecule has 4 nitrogen and oxygen atoms in total. The number of nitrogens with zero attached hydrogens (tertiary/aromatic N) is 2. The van der Waals surface area contributed by atoms with Gasteiger partial charge in [0.25, 0.3) is 6.43 Å². The first-order chi connectivity index (χ1) is 10.3. The minimum absolute atomic E-state index is 0.334. The van der Waals surface area contributed by atoms with Crippen LogP contribution in [0.5, 0.6) is 0 Å². The van der Waals surface area contributed by atoms with Gasteiger partial charge >= 0.3 is 0 Å². The van der Waals surface area contributed by atoms with E-state index in [4.69, 9.17) is 9.72 Å². The molecule has 1 N–H and O–H groups in total. The third kappa shape index (κ3) is 3.43. The maximum atomic E-state index is 12.1. The van der Waals surface area contributed by atoms with Crippen molar-refractivity contribution in [2.75, 3.05) is 19.8 Å². The second kappa shape index (κ2) is 6.83. The summed E-state index contributed by atoms with van der Waals surface area (Å²) in [6.45, 7) is 2.28. The molecule has 0 saturated heterocycles. The number of alkyl halides is 2. The molecule has 0 amide bonds. The standard InChI is InChI=1S/C15H23F2N3O/c16-14(17)10-21-8-7-20-13-5-6-18-9-12(13)19-15(20)11-3-1-2-4-11/h11,14,18H,1-10H2. The maximum absolute atomic E-state index is 12.1. The number of halogens is 2. The van der Waals surface area contributed by atoms with Crippen LogP contribution in [0.1, 0.15) is 48.8 Å². The van der Waals surface area contributed by atoms with Gasteiger partial charge in [0.1, 0.15) is 12.4 Å². The Hall–Kier alpha value is -1.01. The van der Waals surface area contributed by atoms with E-state index in [1.165, 1.54) is 31.4 Å². The Balaban J connectivity index is 1.73. The molecule has 1 aromatic heterocycles. The maximum Gasteiger partial charge on any atom is 0.261 e. The summed E-state index contributed by atoms with van der Waals surface area (Å²) in [5.41, 5.74) is 2.41. The molecule has 0 atom stereocenters. The summed E-state index contributed by atoms with van der Waals surface area (Å²) in [5, 5.41) is 3.35. The summed E-state index contributed by atoms with van der Waals surface area (Å²) >= 11 is 0. The van der Waals surface area contributed by atoms with E-state index in [1.807, 2.05) is 0 Å². The number of fused-ring (bicyclic) bond motifs is 1. The third-order valence-electron chi connectivity index (χ3n) is 4.44. The molecule has 1 aliphatic heterocycles. The molecule has 1 saturated carbocycles. The molecule has 118 valence electrons. The van der Waals surface area contributed by atoms with E-state index in [-0.39, 0.29) is 0 Å². The van der Waals surface area contributed by atoms with Gasteiger partial charge in [0, 0.05) is 37.7 Å². The number of aromatic nitrogens is 2. The van der Waals surface area contributed by atoms with E-state index in [0.29, 0.717) is 19.1 Å². The summed E-state index contributed by atoms with van der Waals surface area (Å²) in [7, 11) is 0. The third-order valence-corrected chi connectivity index (χ3v) is 4.44. The average Bonchev–Trinajstić information content (AvgIpc) is 3.11. The van der Waals surface area contributed by atoms with Gasteiger partial charge in [0.15, 0.2) is 0 Å². The highest BCUT2D eigenvalue weighted by Gasteiger charge is 2.26.